The average molecular weight is 710 g/mol. The third kappa shape index (κ3) is 64.9. The molecule has 0 amide bonds. The van der Waals surface area contributed by atoms with Crippen LogP contribution in [0.2, 0.25) is 0 Å². The van der Waals surface area contributed by atoms with Crippen molar-refractivity contribution in [2.24, 2.45) is 0 Å². The molecule has 0 spiro atoms. The van der Waals surface area contributed by atoms with Crippen LogP contribution in [0.3, 0.4) is 0 Å². The molecule has 0 heterocycles. The van der Waals surface area contributed by atoms with E-state index in [1.807, 2.05) is 0 Å². The zero-order valence-corrected chi connectivity index (χ0v) is 15.9. The van der Waals surface area contributed by atoms with Crippen LogP contribution in [-0.2, 0) is 115 Å². The van der Waals surface area contributed by atoms with E-state index in [4.69, 9.17) is 0 Å². The molecule has 0 rings (SSSR count). The number of hydrogen-bond acceptors (Lipinski definition) is 0. The van der Waals surface area contributed by atoms with Gasteiger partial charge < -0.3 is 0 Å². The summed E-state index contributed by atoms with van der Waals surface area (Å²) in [4.78, 5) is 0. The molecule has 0 aromatic rings. The number of hydrogen-bond donors (Lipinski definition) is 0. The molecule has 0 atom stereocenters. The molecule has 9 heavy (non-hydrogen) atoms. The Morgan fingerprint density at radius 3 is 1.11 bits per heavy atom. The third-order valence-corrected chi connectivity index (χ3v) is 0. The molecule has 0 unspecified atom stereocenters. The van der Waals surface area contributed by atoms with Crippen molar-refractivity contribution in [3.63, 3.8) is 0 Å². The quantitative estimate of drug-likeness (QED) is 0.232. The number of rotatable bonds is 0. The summed E-state index contributed by atoms with van der Waals surface area (Å²) < 4.78 is 0. The second-order valence-corrected chi connectivity index (χ2v) is 0. The Labute approximate surface area is 155 Å². The maximum absolute atomic E-state index is 2.14. The average Bonchev–Trinajstić information content (AvgIpc) is 1.00. The van der Waals surface area contributed by atoms with Crippen molar-refractivity contribution >= 4 is 43.4 Å². The van der Waals surface area contributed by atoms with Gasteiger partial charge in [0.25, 0.3) is 0 Å². The Hall–Kier alpha value is 4.79. The zero-order chi connectivity index (χ0) is 2.00. The predicted molar refractivity (Wildman–Crippen MR) is 28.4 cm³/mol. The van der Waals surface area contributed by atoms with E-state index in [9.17, 15) is 0 Å². The van der Waals surface area contributed by atoms with Gasteiger partial charge in [-0.05, 0) is 10.1 Å². The van der Waals surface area contributed by atoms with E-state index < -0.39 is 0 Å². The van der Waals surface area contributed by atoms with Crippen molar-refractivity contribution in [1.29, 1.82) is 0 Å². The van der Waals surface area contributed by atoms with Gasteiger partial charge in [0.15, 0.2) is 0 Å². The van der Waals surface area contributed by atoms with Crippen molar-refractivity contribution in [2.75, 3.05) is 0 Å². The van der Waals surface area contributed by atoms with Crippen LogP contribution in [0.25, 0.3) is 0 Å². The van der Waals surface area contributed by atoms with Gasteiger partial charge in [-0.15, -0.1) is 0 Å². The molecule has 9 heteroatoms. The van der Waals surface area contributed by atoms with E-state index in [0.29, 0.717) is 0 Å². The van der Waals surface area contributed by atoms with E-state index in [1.165, 1.54) is 10.1 Å². The second kappa shape index (κ2) is 77.5. The first-order valence-electron chi connectivity index (χ1n) is 1.00. The van der Waals surface area contributed by atoms with Crippen molar-refractivity contribution in [1.82, 2.24) is 0 Å². The molecule has 0 aromatic carbocycles. The van der Waals surface area contributed by atoms with E-state index in [-0.39, 0.29) is 141 Å². The molecule has 0 nitrogen and oxygen atoms in total. The molecular weight excluding hydrogens is 702 g/mol. The summed E-state index contributed by atoms with van der Waals surface area (Å²) in [6, 6.07) is 0. The van der Waals surface area contributed by atoms with Crippen molar-refractivity contribution < 1.29 is 115 Å². The van der Waals surface area contributed by atoms with Crippen LogP contribution in [0.1, 0.15) is 0 Å². The van der Waals surface area contributed by atoms with Gasteiger partial charge in [-0.25, -0.2) is 0 Å². The molecule has 0 aliphatic rings. The van der Waals surface area contributed by atoms with Gasteiger partial charge in [0.05, 0.1) is 7.44 Å². The summed E-state index contributed by atoms with van der Waals surface area (Å²) in [5.74, 6) is 0. The Bertz CT molecular complexity index is 28.5. The maximum Gasteiger partial charge on any atom is 0 e. The summed E-state index contributed by atoms with van der Waals surface area (Å²) in [7, 11) is 3.44. The van der Waals surface area contributed by atoms with Gasteiger partial charge in [-0.1, -0.05) is 0 Å². The van der Waals surface area contributed by atoms with Gasteiger partial charge in [-0.3, -0.25) is 0 Å². The molecule has 0 saturated heterocycles. The van der Waals surface area contributed by atoms with Crippen molar-refractivity contribution in [3.05, 3.63) is 0 Å². The Kier molecular flexibility index (Phi) is 580. The molecule has 0 saturated carbocycles. The largest absolute Gasteiger partial charge is 0 e. The fourth-order valence-electron chi connectivity index (χ4n) is 0. The monoisotopic (exact) mass is 707 g/mol. The zero-order valence-electron chi connectivity index (χ0n) is 4.28. The minimum absolute atomic E-state index is 0. The maximum atomic E-state index is 2.14. The first-order valence-corrected chi connectivity index (χ1v) is 3.00. The first kappa shape index (κ1) is 67.3. The van der Waals surface area contributed by atoms with Crippen molar-refractivity contribution in [2.45, 2.75) is 0 Å². The Morgan fingerprint density at radius 2 is 1.11 bits per heavy atom. The minimum Gasteiger partial charge on any atom is 0 e. The first-order chi connectivity index (χ1) is 1.00. The molecule has 0 aromatic heterocycles. The van der Waals surface area contributed by atoms with Crippen LogP contribution in [0.15, 0.2) is 0 Å². The standard InChI is InChI=1S/Ag.Au.BH5Si.Cu.Fe.In.Ni.Zn.3H/c;;1-2;;;;;;;;/h;;1H2,2H3;;;;;;;;. The van der Waals surface area contributed by atoms with Gasteiger partial charge in [0.2, 0.25) is 0 Å². The topological polar surface area (TPSA) is 0 Å². The summed E-state index contributed by atoms with van der Waals surface area (Å²) in [6.45, 7) is 0. The normalized spacial score (nSPS) is 0.889. The SMILES string of the molecule is B[SiH3].[Ag].[Au].[Cu].[Fe].[InH3].[Ni].[Zn]. The Morgan fingerprint density at radius 1 is 1.11 bits per heavy atom. The van der Waals surface area contributed by atoms with E-state index in [2.05, 4.69) is 7.44 Å². The Balaban J connectivity index is -0.000000000238. The fourth-order valence-corrected chi connectivity index (χ4v) is 0. The fraction of sp³-hybridized carbons (Fsp3) is 0. The van der Waals surface area contributed by atoms with Crippen LogP contribution in [0.4, 0.5) is 0 Å². The summed E-state index contributed by atoms with van der Waals surface area (Å²) in [5.41, 5.74) is 0. The molecule has 0 bridgehead atoms. The van der Waals surface area contributed by atoms with Crippen LogP contribution in [0.5, 0.6) is 0 Å². The van der Waals surface area contributed by atoms with E-state index >= 15 is 0 Å². The van der Waals surface area contributed by atoms with Crippen LogP contribution in [-0.4, -0.2) is 43.4 Å². The summed E-state index contributed by atoms with van der Waals surface area (Å²) in [6.07, 6.45) is 0. The minimum atomic E-state index is 0. The van der Waals surface area contributed by atoms with Gasteiger partial charge in [-0.2, -0.15) is 0 Å². The molecular formula is H8AgAuBCuFeInNiSiZn. The molecule has 0 N–H and O–H groups in total. The predicted octanol–water partition coefficient (Wildman–Crippen LogP) is -3.30. The van der Waals surface area contributed by atoms with Crippen LogP contribution >= 0.6 is 0 Å². The van der Waals surface area contributed by atoms with Crippen LogP contribution in [0, 0.1) is 0 Å². The van der Waals surface area contributed by atoms with Crippen LogP contribution < -0.4 is 0 Å². The summed E-state index contributed by atoms with van der Waals surface area (Å²) >= 11 is 0. The van der Waals surface area contributed by atoms with Gasteiger partial charge in [0, 0.05) is 115 Å². The van der Waals surface area contributed by atoms with Gasteiger partial charge >= 0.3 is 25.8 Å². The van der Waals surface area contributed by atoms with Gasteiger partial charge in [0.1, 0.15) is 0 Å². The van der Waals surface area contributed by atoms with E-state index in [1.54, 1.807) is 0 Å². The third-order valence-electron chi connectivity index (χ3n) is 0. The molecule has 0 aliphatic heterocycles. The molecule has 0 fully saturated rings. The smallest absolute Gasteiger partial charge is 0 e. The molecule has 71 valence electrons. The molecule has 3 radical (unpaired) electrons. The second-order valence-electron chi connectivity index (χ2n) is 0. The van der Waals surface area contributed by atoms with Crippen molar-refractivity contribution in [3.8, 4) is 0 Å². The van der Waals surface area contributed by atoms with E-state index in [0.717, 1.165) is 0 Å². The molecule has 0 aliphatic carbocycles. The summed E-state index contributed by atoms with van der Waals surface area (Å²) in [5, 5.41) is 0.